The maximum Gasteiger partial charge on any atom is 0.0316 e. The molecule has 2 N–H and O–H groups in total. The van der Waals surface area contributed by atoms with Crippen LogP contribution in [0.4, 0.5) is 0 Å². The van der Waals surface area contributed by atoms with Crippen molar-refractivity contribution in [2.45, 2.75) is 30.0 Å². The highest BCUT2D eigenvalue weighted by atomic mass is 32.2. The fourth-order valence-corrected chi connectivity index (χ4v) is 2.93. The Morgan fingerprint density at radius 2 is 1.56 bits per heavy atom. The van der Waals surface area contributed by atoms with Crippen molar-refractivity contribution in [3.05, 3.63) is 65.7 Å². The van der Waals surface area contributed by atoms with E-state index < -0.39 is 0 Å². The molecule has 2 atom stereocenters. The Bertz CT molecular complexity index is 493. The van der Waals surface area contributed by atoms with Crippen LogP contribution in [-0.2, 0) is 0 Å². The Hall–Kier alpha value is -1.25. The summed E-state index contributed by atoms with van der Waals surface area (Å²) < 4.78 is 0. The molecule has 94 valence electrons. The molecule has 0 bridgehead atoms. The molecule has 0 spiro atoms. The van der Waals surface area contributed by atoms with Gasteiger partial charge in [0.25, 0.3) is 0 Å². The number of nitrogens with two attached hydrogens (primary N) is 1. The number of benzene rings is 2. The molecule has 2 heteroatoms. The van der Waals surface area contributed by atoms with Gasteiger partial charge in [0.2, 0.25) is 0 Å². The summed E-state index contributed by atoms with van der Waals surface area (Å²) in [5, 5.41) is 0.453. The molecule has 0 aliphatic rings. The first-order chi connectivity index (χ1) is 8.66. The van der Waals surface area contributed by atoms with E-state index in [1.165, 1.54) is 16.0 Å². The summed E-state index contributed by atoms with van der Waals surface area (Å²) in [5.74, 6) is 0. The minimum atomic E-state index is 0.0950. The maximum absolute atomic E-state index is 5.92. The molecule has 0 aliphatic heterocycles. The van der Waals surface area contributed by atoms with E-state index in [1.54, 1.807) is 0 Å². The van der Waals surface area contributed by atoms with Crippen molar-refractivity contribution in [3.63, 3.8) is 0 Å². The van der Waals surface area contributed by atoms with Crippen molar-refractivity contribution in [1.82, 2.24) is 0 Å². The quantitative estimate of drug-likeness (QED) is 0.813. The highest BCUT2D eigenvalue weighted by Crippen LogP contribution is 2.35. The molecule has 0 heterocycles. The van der Waals surface area contributed by atoms with E-state index in [4.69, 9.17) is 5.73 Å². The molecule has 18 heavy (non-hydrogen) atoms. The second kappa shape index (κ2) is 6.07. The fraction of sp³-hybridized carbons (Fsp3) is 0.250. The number of rotatable bonds is 4. The van der Waals surface area contributed by atoms with Crippen molar-refractivity contribution in [2.24, 2.45) is 5.73 Å². The van der Waals surface area contributed by atoms with Crippen molar-refractivity contribution < 1.29 is 0 Å². The van der Waals surface area contributed by atoms with Gasteiger partial charge in [-0.1, -0.05) is 42.5 Å². The minimum Gasteiger partial charge on any atom is -0.324 e. The monoisotopic (exact) mass is 257 g/mol. The lowest BCUT2D eigenvalue weighted by molar-refractivity contribution is 0.814. The smallest absolute Gasteiger partial charge is 0.0316 e. The van der Waals surface area contributed by atoms with E-state index in [2.05, 4.69) is 61.5 Å². The third kappa shape index (κ3) is 3.37. The summed E-state index contributed by atoms with van der Waals surface area (Å²) in [7, 11) is 0. The van der Waals surface area contributed by atoms with E-state index in [1.807, 2.05) is 18.7 Å². The molecular formula is C16H19NS. The highest BCUT2D eigenvalue weighted by Gasteiger charge is 2.08. The van der Waals surface area contributed by atoms with Gasteiger partial charge in [0.05, 0.1) is 0 Å². The molecule has 0 aromatic heterocycles. The molecule has 0 saturated carbocycles. The first-order valence-electron chi connectivity index (χ1n) is 6.24. The zero-order chi connectivity index (χ0) is 13.0. The molecule has 0 aliphatic carbocycles. The van der Waals surface area contributed by atoms with Gasteiger partial charge in [0, 0.05) is 16.2 Å². The summed E-state index contributed by atoms with van der Waals surface area (Å²) in [6, 6.07) is 19.2. The molecule has 2 aromatic rings. The van der Waals surface area contributed by atoms with Gasteiger partial charge < -0.3 is 5.73 Å². The molecule has 0 fully saturated rings. The summed E-state index contributed by atoms with van der Waals surface area (Å²) in [4.78, 5) is 1.28. The predicted molar refractivity (Wildman–Crippen MR) is 79.8 cm³/mol. The van der Waals surface area contributed by atoms with Gasteiger partial charge in [-0.15, -0.1) is 11.8 Å². The molecule has 2 unspecified atom stereocenters. The Labute approximate surface area is 113 Å². The van der Waals surface area contributed by atoms with Crippen LogP contribution in [0.5, 0.6) is 0 Å². The Morgan fingerprint density at radius 3 is 2.22 bits per heavy atom. The van der Waals surface area contributed by atoms with Crippen molar-refractivity contribution >= 4 is 11.8 Å². The maximum atomic E-state index is 5.92. The first kappa shape index (κ1) is 13.2. The van der Waals surface area contributed by atoms with E-state index in [-0.39, 0.29) is 6.04 Å². The van der Waals surface area contributed by atoms with E-state index in [0.717, 1.165) is 0 Å². The van der Waals surface area contributed by atoms with Crippen LogP contribution in [0.3, 0.4) is 0 Å². The van der Waals surface area contributed by atoms with E-state index in [9.17, 15) is 0 Å². The van der Waals surface area contributed by atoms with Gasteiger partial charge in [-0.05, 0) is 37.1 Å². The second-order valence-electron chi connectivity index (χ2n) is 4.53. The van der Waals surface area contributed by atoms with Crippen LogP contribution in [0.15, 0.2) is 59.5 Å². The Balaban J connectivity index is 2.12. The zero-order valence-electron chi connectivity index (χ0n) is 10.8. The predicted octanol–water partition coefficient (Wildman–Crippen LogP) is 4.56. The summed E-state index contributed by atoms with van der Waals surface area (Å²) >= 11 is 1.87. The van der Waals surface area contributed by atoms with Crippen molar-refractivity contribution in [1.29, 1.82) is 0 Å². The normalized spacial score (nSPS) is 14.2. The number of hydrogen-bond donors (Lipinski definition) is 1. The van der Waals surface area contributed by atoms with Gasteiger partial charge in [0.1, 0.15) is 0 Å². The van der Waals surface area contributed by atoms with Gasteiger partial charge in [-0.3, -0.25) is 0 Å². The molecule has 0 radical (unpaired) electrons. The zero-order valence-corrected chi connectivity index (χ0v) is 11.7. The SMILES string of the molecule is CC(N)c1cccc(SC(C)c2ccccc2)c1. The molecule has 0 saturated heterocycles. The van der Waals surface area contributed by atoms with Gasteiger partial charge in [0.15, 0.2) is 0 Å². The first-order valence-corrected chi connectivity index (χ1v) is 7.12. The van der Waals surface area contributed by atoms with Crippen LogP contribution in [0.25, 0.3) is 0 Å². The summed E-state index contributed by atoms with van der Waals surface area (Å²) in [6.45, 7) is 4.25. The Kier molecular flexibility index (Phi) is 4.45. The lowest BCUT2D eigenvalue weighted by Crippen LogP contribution is -2.04. The molecule has 2 aromatic carbocycles. The molecule has 0 amide bonds. The average molecular weight is 257 g/mol. The Morgan fingerprint density at radius 1 is 0.889 bits per heavy atom. The lowest BCUT2D eigenvalue weighted by Gasteiger charge is -2.13. The summed E-state index contributed by atoms with van der Waals surface area (Å²) in [5.41, 5.74) is 8.47. The molecule has 1 nitrogen and oxygen atoms in total. The highest BCUT2D eigenvalue weighted by molar-refractivity contribution is 7.99. The second-order valence-corrected chi connectivity index (χ2v) is 5.95. The van der Waals surface area contributed by atoms with E-state index in [0.29, 0.717) is 5.25 Å². The van der Waals surface area contributed by atoms with Gasteiger partial charge in [-0.25, -0.2) is 0 Å². The largest absolute Gasteiger partial charge is 0.324 e. The van der Waals surface area contributed by atoms with Gasteiger partial charge in [-0.2, -0.15) is 0 Å². The van der Waals surface area contributed by atoms with Crippen LogP contribution in [0.1, 0.15) is 36.3 Å². The topological polar surface area (TPSA) is 26.0 Å². The van der Waals surface area contributed by atoms with Crippen LogP contribution < -0.4 is 5.73 Å². The average Bonchev–Trinajstić information content (AvgIpc) is 2.40. The lowest BCUT2D eigenvalue weighted by atomic mass is 10.1. The van der Waals surface area contributed by atoms with Crippen LogP contribution in [0, 0.1) is 0 Å². The van der Waals surface area contributed by atoms with Crippen molar-refractivity contribution in [3.8, 4) is 0 Å². The van der Waals surface area contributed by atoms with Crippen molar-refractivity contribution in [2.75, 3.05) is 0 Å². The summed E-state index contributed by atoms with van der Waals surface area (Å²) in [6.07, 6.45) is 0. The minimum absolute atomic E-state index is 0.0950. The third-order valence-electron chi connectivity index (χ3n) is 2.97. The van der Waals surface area contributed by atoms with Gasteiger partial charge >= 0.3 is 0 Å². The standard InChI is InChI=1S/C16H19NS/c1-12(17)15-9-6-10-16(11-15)18-13(2)14-7-4-3-5-8-14/h3-13H,17H2,1-2H3. The third-order valence-corrected chi connectivity index (χ3v) is 4.12. The number of thioether (sulfide) groups is 1. The molecular weight excluding hydrogens is 238 g/mol. The fourth-order valence-electron chi connectivity index (χ4n) is 1.87. The van der Waals surface area contributed by atoms with Crippen LogP contribution >= 0.6 is 11.8 Å². The van der Waals surface area contributed by atoms with Crippen LogP contribution in [-0.4, -0.2) is 0 Å². The number of hydrogen-bond acceptors (Lipinski definition) is 2. The molecule has 2 rings (SSSR count). The van der Waals surface area contributed by atoms with Crippen LogP contribution in [0.2, 0.25) is 0 Å². The van der Waals surface area contributed by atoms with E-state index >= 15 is 0 Å².